The summed E-state index contributed by atoms with van der Waals surface area (Å²) in [7, 11) is 0. The van der Waals surface area contributed by atoms with Crippen LogP contribution in [0, 0.1) is 23.2 Å². The summed E-state index contributed by atoms with van der Waals surface area (Å²) in [5, 5.41) is 12.4. The Balaban J connectivity index is 1.50. The maximum atomic E-state index is 13.9. The number of alkyl halides is 2. The van der Waals surface area contributed by atoms with Crippen LogP contribution >= 0.6 is 11.6 Å². The van der Waals surface area contributed by atoms with E-state index in [1.165, 1.54) is 0 Å². The van der Waals surface area contributed by atoms with Gasteiger partial charge in [-0.2, -0.15) is 5.26 Å². The van der Waals surface area contributed by atoms with Crippen LogP contribution in [0.15, 0.2) is 0 Å². The highest BCUT2D eigenvalue weighted by atomic mass is 35.5. The first kappa shape index (κ1) is 22.2. The summed E-state index contributed by atoms with van der Waals surface area (Å²) < 4.78 is 19.1. The third-order valence-electron chi connectivity index (χ3n) is 6.04. The SMILES string of the molecule is N#C[C@H]1CN[C@@H](C(=O)N2CCN(CC(=O)N3CCOCC3)CC2)[C@H]1C[C@H](F)CCl. The molecule has 0 aromatic rings. The quantitative estimate of drug-likeness (QED) is 0.582. The maximum Gasteiger partial charge on any atom is 0.240 e. The molecular formula is C19H29ClFN5O3. The lowest BCUT2D eigenvalue weighted by atomic mass is 9.86. The molecular weight excluding hydrogens is 401 g/mol. The summed E-state index contributed by atoms with van der Waals surface area (Å²) in [6.07, 6.45) is -1.12. The van der Waals surface area contributed by atoms with Crippen LogP contribution in [-0.2, 0) is 14.3 Å². The Morgan fingerprint density at radius 2 is 1.86 bits per heavy atom. The van der Waals surface area contributed by atoms with Crippen molar-refractivity contribution < 1.29 is 18.7 Å². The van der Waals surface area contributed by atoms with Crippen LogP contribution in [0.2, 0.25) is 0 Å². The summed E-state index contributed by atoms with van der Waals surface area (Å²) in [6, 6.07) is 1.64. The molecule has 10 heteroatoms. The van der Waals surface area contributed by atoms with E-state index in [1.807, 2.05) is 4.90 Å². The molecule has 0 radical (unpaired) electrons. The first-order valence-electron chi connectivity index (χ1n) is 10.2. The van der Waals surface area contributed by atoms with Crippen molar-refractivity contribution in [2.45, 2.75) is 18.6 Å². The first-order valence-corrected chi connectivity index (χ1v) is 10.8. The van der Waals surface area contributed by atoms with Gasteiger partial charge in [0.15, 0.2) is 0 Å². The van der Waals surface area contributed by atoms with Crippen LogP contribution in [0.5, 0.6) is 0 Å². The fraction of sp³-hybridized carbons (Fsp3) is 0.842. The average molecular weight is 430 g/mol. The van der Waals surface area contributed by atoms with E-state index < -0.39 is 18.1 Å². The maximum absolute atomic E-state index is 13.9. The topological polar surface area (TPSA) is 88.9 Å². The molecule has 29 heavy (non-hydrogen) atoms. The number of piperazine rings is 1. The van der Waals surface area contributed by atoms with Gasteiger partial charge in [-0.25, -0.2) is 4.39 Å². The van der Waals surface area contributed by atoms with E-state index in [9.17, 15) is 19.2 Å². The van der Waals surface area contributed by atoms with Crippen molar-refractivity contribution in [3.05, 3.63) is 0 Å². The molecule has 0 bridgehead atoms. The number of ether oxygens (including phenoxy) is 1. The van der Waals surface area contributed by atoms with Gasteiger partial charge >= 0.3 is 0 Å². The standard InChI is InChI=1S/C19H29ClFN5O3/c20-10-15(21)9-16-14(11-22)12-23-18(16)19(28)26-3-1-24(2-4-26)13-17(27)25-5-7-29-8-6-25/h14-16,18,23H,1-10,12-13H2/t14-,15-,16-,18+/m0/s1. The molecule has 0 saturated carbocycles. The number of morpholine rings is 1. The minimum atomic E-state index is -1.23. The van der Waals surface area contributed by atoms with Crippen molar-refractivity contribution in [1.29, 1.82) is 5.26 Å². The molecule has 0 aromatic heterocycles. The molecule has 0 aromatic carbocycles. The molecule has 3 aliphatic rings. The van der Waals surface area contributed by atoms with E-state index in [-0.39, 0.29) is 30.0 Å². The van der Waals surface area contributed by atoms with E-state index in [4.69, 9.17) is 16.3 Å². The highest BCUT2D eigenvalue weighted by molar-refractivity contribution is 6.18. The molecule has 3 aliphatic heterocycles. The molecule has 0 spiro atoms. The number of hydrogen-bond donors (Lipinski definition) is 1. The van der Waals surface area contributed by atoms with Gasteiger partial charge in [0.2, 0.25) is 11.8 Å². The van der Waals surface area contributed by atoms with Gasteiger partial charge in [-0.15, -0.1) is 11.6 Å². The van der Waals surface area contributed by atoms with Crippen molar-refractivity contribution in [3.63, 3.8) is 0 Å². The number of halogens is 2. The minimum Gasteiger partial charge on any atom is -0.378 e. The van der Waals surface area contributed by atoms with E-state index in [2.05, 4.69) is 16.3 Å². The Hall–Kier alpha value is -1.47. The second-order valence-corrected chi connectivity index (χ2v) is 8.18. The van der Waals surface area contributed by atoms with Crippen molar-refractivity contribution in [1.82, 2.24) is 20.0 Å². The minimum absolute atomic E-state index is 0.0892. The zero-order valence-corrected chi connectivity index (χ0v) is 17.3. The number of carbonyl (C=O) groups is 2. The highest BCUT2D eigenvalue weighted by Gasteiger charge is 2.43. The predicted molar refractivity (Wildman–Crippen MR) is 105 cm³/mol. The van der Waals surface area contributed by atoms with Crippen molar-refractivity contribution >= 4 is 23.4 Å². The lowest BCUT2D eigenvalue weighted by molar-refractivity contribution is -0.138. The van der Waals surface area contributed by atoms with Gasteiger partial charge in [-0.1, -0.05) is 0 Å². The molecule has 0 aliphatic carbocycles. The Bertz CT molecular complexity index is 619. The van der Waals surface area contributed by atoms with Gasteiger partial charge in [0.25, 0.3) is 0 Å². The van der Waals surface area contributed by atoms with Crippen LogP contribution < -0.4 is 5.32 Å². The molecule has 3 heterocycles. The monoisotopic (exact) mass is 429 g/mol. The third-order valence-corrected chi connectivity index (χ3v) is 6.37. The van der Waals surface area contributed by atoms with Gasteiger partial charge < -0.3 is 19.9 Å². The van der Waals surface area contributed by atoms with E-state index in [0.29, 0.717) is 65.6 Å². The number of carbonyl (C=O) groups excluding carboxylic acids is 2. The number of hydrogen-bond acceptors (Lipinski definition) is 6. The lowest BCUT2D eigenvalue weighted by Gasteiger charge is -2.37. The van der Waals surface area contributed by atoms with Crippen LogP contribution in [0.3, 0.4) is 0 Å². The Morgan fingerprint density at radius 3 is 2.48 bits per heavy atom. The smallest absolute Gasteiger partial charge is 0.240 e. The van der Waals surface area contributed by atoms with E-state index >= 15 is 0 Å². The van der Waals surface area contributed by atoms with Crippen LogP contribution in [0.1, 0.15) is 6.42 Å². The van der Waals surface area contributed by atoms with Gasteiger partial charge in [-0.3, -0.25) is 14.5 Å². The predicted octanol–water partition coefficient (Wildman–Crippen LogP) is -0.316. The second-order valence-electron chi connectivity index (χ2n) is 7.87. The molecule has 2 amide bonds. The Morgan fingerprint density at radius 1 is 1.17 bits per heavy atom. The Kier molecular flexibility index (Phi) is 8.07. The molecule has 3 fully saturated rings. The van der Waals surface area contributed by atoms with Crippen molar-refractivity contribution in [2.24, 2.45) is 11.8 Å². The lowest BCUT2D eigenvalue weighted by Crippen LogP contribution is -2.56. The molecule has 1 N–H and O–H groups in total. The van der Waals surface area contributed by atoms with Crippen molar-refractivity contribution in [3.8, 4) is 6.07 Å². The molecule has 3 saturated heterocycles. The van der Waals surface area contributed by atoms with Crippen LogP contribution in [0.4, 0.5) is 4.39 Å². The number of nitriles is 1. The van der Waals surface area contributed by atoms with Gasteiger partial charge in [0.05, 0.1) is 43.7 Å². The van der Waals surface area contributed by atoms with Crippen LogP contribution in [-0.4, -0.2) is 110 Å². The molecule has 8 nitrogen and oxygen atoms in total. The number of nitrogens with one attached hydrogen (secondary N) is 1. The first-order chi connectivity index (χ1) is 14.0. The number of nitrogens with zero attached hydrogens (tertiary/aromatic N) is 4. The second kappa shape index (κ2) is 10.5. The fourth-order valence-corrected chi connectivity index (χ4v) is 4.41. The summed E-state index contributed by atoms with van der Waals surface area (Å²) in [5.74, 6) is -0.892. The largest absolute Gasteiger partial charge is 0.378 e. The zero-order valence-electron chi connectivity index (χ0n) is 16.6. The van der Waals surface area contributed by atoms with E-state index in [1.54, 1.807) is 4.90 Å². The van der Waals surface area contributed by atoms with Crippen molar-refractivity contribution in [2.75, 3.05) is 71.5 Å². The number of rotatable bonds is 6. The highest BCUT2D eigenvalue weighted by Crippen LogP contribution is 2.29. The van der Waals surface area contributed by atoms with Crippen LogP contribution in [0.25, 0.3) is 0 Å². The summed E-state index contributed by atoms with van der Waals surface area (Å²) >= 11 is 5.59. The van der Waals surface area contributed by atoms with Gasteiger partial charge in [0, 0.05) is 51.7 Å². The summed E-state index contributed by atoms with van der Waals surface area (Å²) in [6.45, 7) is 5.43. The van der Waals surface area contributed by atoms with E-state index in [0.717, 1.165) is 0 Å². The summed E-state index contributed by atoms with van der Waals surface area (Å²) in [5.41, 5.74) is 0. The molecule has 162 valence electrons. The molecule has 4 atom stereocenters. The third kappa shape index (κ3) is 5.57. The van der Waals surface area contributed by atoms with Gasteiger partial charge in [0.1, 0.15) is 6.17 Å². The zero-order chi connectivity index (χ0) is 20.8. The summed E-state index contributed by atoms with van der Waals surface area (Å²) in [4.78, 5) is 31.0. The molecule has 0 unspecified atom stereocenters. The number of amides is 2. The average Bonchev–Trinajstić information content (AvgIpc) is 3.16. The molecule has 3 rings (SSSR count). The normalized spacial score (nSPS) is 29.5. The Labute approximate surface area is 175 Å². The van der Waals surface area contributed by atoms with Gasteiger partial charge in [-0.05, 0) is 6.42 Å². The fourth-order valence-electron chi connectivity index (χ4n) is 4.29.